The molecule has 0 saturated heterocycles. The minimum absolute atomic E-state index is 0.272. The number of anilines is 1. The molecular formula is C12H19ClN2O. The Labute approximate surface area is 102 Å². The molecule has 90 valence electrons. The van der Waals surface area contributed by atoms with Gasteiger partial charge in [-0.1, -0.05) is 25.4 Å². The highest BCUT2D eigenvalue weighted by Crippen LogP contribution is 2.13. The molecule has 0 aromatic carbocycles. The van der Waals surface area contributed by atoms with Crippen LogP contribution in [0.2, 0.25) is 5.02 Å². The zero-order valence-electron chi connectivity index (χ0n) is 10.0. The molecule has 3 nitrogen and oxygen atoms in total. The van der Waals surface area contributed by atoms with Gasteiger partial charge in [-0.15, -0.1) is 0 Å². The monoisotopic (exact) mass is 242 g/mol. The zero-order valence-corrected chi connectivity index (χ0v) is 10.8. The van der Waals surface area contributed by atoms with Crippen molar-refractivity contribution < 1.29 is 4.74 Å². The van der Waals surface area contributed by atoms with Crippen LogP contribution in [0.3, 0.4) is 0 Å². The highest BCUT2D eigenvalue weighted by atomic mass is 35.5. The lowest BCUT2D eigenvalue weighted by molar-refractivity contribution is 0.126. The Kier molecular flexibility index (Phi) is 5.56. The van der Waals surface area contributed by atoms with E-state index in [1.807, 2.05) is 19.1 Å². The van der Waals surface area contributed by atoms with Gasteiger partial charge in [-0.2, -0.15) is 0 Å². The summed E-state index contributed by atoms with van der Waals surface area (Å²) in [6, 6.07) is 3.98. The van der Waals surface area contributed by atoms with E-state index < -0.39 is 0 Å². The molecule has 16 heavy (non-hydrogen) atoms. The zero-order chi connectivity index (χ0) is 12.0. The Hall–Kier alpha value is -0.800. The molecule has 1 atom stereocenters. The smallest absolute Gasteiger partial charge is 0.126 e. The molecule has 0 saturated carbocycles. The average molecular weight is 243 g/mol. The molecule has 0 spiro atoms. The molecule has 1 heterocycles. The predicted molar refractivity (Wildman–Crippen MR) is 68.0 cm³/mol. The second-order valence-corrected chi connectivity index (χ2v) is 4.45. The van der Waals surface area contributed by atoms with E-state index in [1.165, 1.54) is 0 Å². The third-order valence-corrected chi connectivity index (χ3v) is 2.59. The molecule has 0 bridgehead atoms. The van der Waals surface area contributed by atoms with E-state index in [9.17, 15) is 0 Å². The van der Waals surface area contributed by atoms with Gasteiger partial charge in [0.25, 0.3) is 0 Å². The molecule has 1 N–H and O–H groups in total. The van der Waals surface area contributed by atoms with Crippen molar-refractivity contribution in [1.29, 1.82) is 0 Å². The number of nitrogens with one attached hydrogen (secondary N) is 1. The van der Waals surface area contributed by atoms with E-state index in [1.54, 1.807) is 6.20 Å². The number of rotatable bonds is 6. The first kappa shape index (κ1) is 13.3. The molecule has 4 heteroatoms. The molecular weight excluding hydrogens is 224 g/mol. The molecule has 1 unspecified atom stereocenters. The summed E-state index contributed by atoms with van der Waals surface area (Å²) in [7, 11) is 0. The summed E-state index contributed by atoms with van der Waals surface area (Å²) in [5.41, 5.74) is 0. The lowest BCUT2D eigenvalue weighted by atomic mass is 10.1. The normalized spacial score (nSPS) is 12.8. The van der Waals surface area contributed by atoms with Gasteiger partial charge >= 0.3 is 0 Å². The third kappa shape index (κ3) is 4.37. The van der Waals surface area contributed by atoms with Crippen LogP contribution in [0.15, 0.2) is 18.3 Å². The summed E-state index contributed by atoms with van der Waals surface area (Å²) in [5, 5.41) is 4.00. The van der Waals surface area contributed by atoms with Crippen molar-refractivity contribution >= 4 is 17.4 Å². The molecule has 0 radical (unpaired) electrons. The van der Waals surface area contributed by atoms with Crippen LogP contribution in [-0.2, 0) is 4.74 Å². The van der Waals surface area contributed by atoms with E-state index in [-0.39, 0.29) is 6.04 Å². The Morgan fingerprint density at radius 2 is 2.19 bits per heavy atom. The van der Waals surface area contributed by atoms with E-state index in [2.05, 4.69) is 24.1 Å². The summed E-state index contributed by atoms with van der Waals surface area (Å²) < 4.78 is 5.44. The minimum atomic E-state index is 0.272. The van der Waals surface area contributed by atoms with E-state index in [0.29, 0.717) is 17.5 Å². The Balaban J connectivity index is 2.57. The van der Waals surface area contributed by atoms with Crippen molar-refractivity contribution in [1.82, 2.24) is 4.98 Å². The second kappa shape index (κ2) is 6.71. The van der Waals surface area contributed by atoms with Crippen molar-refractivity contribution in [3.05, 3.63) is 23.4 Å². The van der Waals surface area contributed by atoms with Gasteiger partial charge in [0.15, 0.2) is 0 Å². The lowest BCUT2D eigenvalue weighted by Gasteiger charge is -2.22. The standard InChI is InChI=1S/C12H19ClN2O/c1-4-16-8-11(9(2)3)15-12-6-5-10(13)7-14-12/h5-7,9,11H,4,8H2,1-3H3,(H,14,15). The topological polar surface area (TPSA) is 34.1 Å². The maximum atomic E-state index is 5.78. The second-order valence-electron chi connectivity index (χ2n) is 4.02. The fourth-order valence-corrected chi connectivity index (χ4v) is 1.41. The number of hydrogen-bond acceptors (Lipinski definition) is 3. The van der Waals surface area contributed by atoms with Crippen LogP contribution in [0.1, 0.15) is 20.8 Å². The Bertz CT molecular complexity index is 300. The van der Waals surface area contributed by atoms with Crippen molar-refractivity contribution in [2.24, 2.45) is 5.92 Å². The lowest BCUT2D eigenvalue weighted by Crippen LogP contribution is -2.31. The summed E-state index contributed by atoms with van der Waals surface area (Å²) in [4.78, 5) is 4.21. The molecule has 1 aromatic rings. The number of hydrogen-bond donors (Lipinski definition) is 1. The fourth-order valence-electron chi connectivity index (χ4n) is 1.30. The van der Waals surface area contributed by atoms with Gasteiger partial charge in [0.1, 0.15) is 5.82 Å². The van der Waals surface area contributed by atoms with Crippen LogP contribution in [0.4, 0.5) is 5.82 Å². The van der Waals surface area contributed by atoms with Crippen molar-refractivity contribution in [2.45, 2.75) is 26.8 Å². The van der Waals surface area contributed by atoms with Crippen LogP contribution in [-0.4, -0.2) is 24.2 Å². The predicted octanol–water partition coefficient (Wildman–Crippen LogP) is 3.21. The van der Waals surface area contributed by atoms with Crippen molar-refractivity contribution in [3.8, 4) is 0 Å². The van der Waals surface area contributed by atoms with Crippen molar-refractivity contribution in [2.75, 3.05) is 18.5 Å². The van der Waals surface area contributed by atoms with E-state index >= 15 is 0 Å². The van der Waals surface area contributed by atoms with Gasteiger partial charge in [0, 0.05) is 12.8 Å². The van der Waals surface area contributed by atoms with Gasteiger partial charge in [-0.25, -0.2) is 4.98 Å². The molecule has 0 aliphatic heterocycles. The maximum Gasteiger partial charge on any atom is 0.126 e. The quantitative estimate of drug-likeness (QED) is 0.832. The van der Waals surface area contributed by atoms with Crippen LogP contribution in [0.5, 0.6) is 0 Å². The van der Waals surface area contributed by atoms with Gasteiger partial charge < -0.3 is 10.1 Å². The first-order valence-corrected chi connectivity index (χ1v) is 5.97. The van der Waals surface area contributed by atoms with Crippen LogP contribution >= 0.6 is 11.6 Å². The summed E-state index contributed by atoms with van der Waals surface area (Å²) in [6.07, 6.45) is 1.64. The van der Waals surface area contributed by atoms with Crippen molar-refractivity contribution in [3.63, 3.8) is 0 Å². The summed E-state index contributed by atoms with van der Waals surface area (Å²) in [6.45, 7) is 7.74. The van der Waals surface area contributed by atoms with Crippen LogP contribution < -0.4 is 5.32 Å². The third-order valence-electron chi connectivity index (χ3n) is 2.37. The summed E-state index contributed by atoms with van der Waals surface area (Å²) in [5.74, 6) is 1.33. The number of halogens is 1. The molecule has 1 aromatic heterocycles. The first-order valence-electron chi connectivity index (χ1n) is 5.59. The molecule has 1 rings (SSSR count). The van der Waals surface area contributed by atoms with Gasteiger partial charge in [0.05, 0.1) is 17.7 Å². The first-order chi connectivity index (χ1) is 7.63. The largest absolute Gasteiger partial charge is 0.380 e. The minimum Gasteiger partial charge on any atom is -0.380 e. The Morgan fingerprint density at radius 1 is 1.44 bits per heavy atom. The number of aromatic nitrogens is 1. The molecule has 0 aliphatic carbocycles. The molecule has 0 amide bonds. The molecule has 0 fully saturated rings. The highest BCUT2D eigenvalue weighted by molar-refractivity contribution is 6.30. The SMILES string of the molecule is CCOCC(Nc1ccc(Cl)cn1)C(C)C. The number of ether oxygens (including phenoxy) is 1. The number of pyridine rings is 1. The highest BCUT2D eigenvalue weighted by Gasteiger charge is 2.13. The van der Waals surface area contributed by atoms with E-state index in [0.717, 1.165) is 12.4 Å². The fraction of sp³-hybridized carbons (Fsp3) is 0.583. The van der Waals surface area contributed by atoms with Crippen LogP contribution in [0.25, 0.3) is 0 Å². The van der Waals surface area contributed by atoms with Gasteiger partial charge in [0.2, 0.25) is 0 Å². The molecule has 0 aliphatic rings. The van der Waals surface area contributed by atoms with E-state index in [4.69, 9.17) is 16.3 Å². The maximum absolute atomic E-state index is 5.78. The van der Waals surface area contributed by atoms with Gasteiger partial charge in [-0.3, -0.25) is 0 Å². The van der Waals surface area contributed by atoms with Crippen LogP contribution in [0, 0.1) is 5.92 Å². The number of nitrogens with zero attached hydrogens (tertiary/aromatic N) is 1. The average Bonchev–Trinajstić information content (AvgIpc) is 2.26. The van der Waals surface area contributed by atoms with Gasteiger partial charge in [-0.05, 0) is 25.0 Å². The Morgan fingerprint density at radius 3 is 2.69 bits per heavy atom. The summed E-state index contributed by atoms with van der Waals surface area (Å²) >= 11 is 5.78.